The molecule has 1 aromatic rings. The highest BCUT2D eigenvalue weighted by atomic mass is 32.2. The van der Waals surface area contributed by atoms with E-state index in [0.29, 0.717) is 37.7 Å². The van der Waals surface area contributed by atoms with Crippen molar-refractivity contribution in [3.05, 3.63) is 18.2 Å². The Morgan fingerprint density at radius 3 is 2.40 bits per heavy atom. The topological polar surface area (TPSA) is 76.2 Å². The third-order valence-corrected chi connectivity index (χ3v) is 7.13. The average Bonchev–Trinajstić information content (AvgIpc) is 3.32. The summed E-state index contributed by atoms with van der Waals surface area (Å²) in [6.07, 6.45) is 4.17. The van der Waals surface area contributed by atoms with Crippen LogP contribution in [0.1, 0.15) is 25.7 Å². The van der Waals surface area contributed by atoms with Gasteiger partial charge in [0.05, 0.1) is 4.90 Å². The van der Waals surface area contributed by atoms with E-state index in [-0.39, 0.29) is 23.5 Å². The van der Waals surface area contributed by atoms with Crippen LogP contribution in [0, 0.1) is 5.92 Å². The minimum Gasteiger partial charge on any atom is -0.454 e. The van der Waals surface area contributed by atoms with Gasteiger partial charge in [0.2, 0.25) is 22.7 Å². The van der Waals surface area contributed by atoms with Gasteiger partial charge in [-0.25, -0.2) is 8.42 Å². The first-order valence-corrected chi connectivity index (χ1v) is 10.2. The first-order chi connectivity index (χ1) is 12.1. The summed E-state index contributed by atoms with van der Waals surface area (Å²) in [5.41, 5.74) is 0. The van der Waals surface area contributed by atoms with Gasteiger partial charge in [0.1, 0.15) is 0 Å². The molecule has 1 aliphatic carbocycles. The highest BCUT2D eigenvalue weighted by Crippen LogP contribution is 2.35. The molecule has 7 nitrogen and oxygen atoms in total. The van der Waals surface area contributed by atoms with E-state index in [9.17, 15) is 13.2 Å². The van der Waals surface area contributed by atoms with Crippen LogP contribution in [0.4, 0.5) is 0 Å². The second kappa shape index (κ2) is 6.49. The summed E-state index contributed by atoms with van der Waals surface area (Å²) in [6, 6.07) is 4.67. The molecule has 136 valence electrons. The Morgan fingerprint density at radius 1 is 1.00 bits per heavy atom. The Labute approximate surface area is 147 Å². The van der Waals surface area contributed by atoms with Crippen LogP contribution in [0.15, 0.2) is 23.1 Å². The number of piperazine rings is 1. The van der Waals surface area contributed by atoms with Gasteiger partial charge in [-0.1, -0.05) is 12.8 Å². The van der Waals surface area contributed by atoms with Gasteiger partial charge in [0, 0.05) is 38.2 Å². The predicted octanol–water partition coefficient (Wildman–Crippen LogP) is 1.44. The maximum atomic E-state index is 12.8. The second-order valence-electron chi connectivity index (χ2n) is 6.73. The molecular formula is C17H22N2O5S. The molecule has 2 aliphatic heterocycles. The number of sulfonamides is 1. The SMILES string of the molecule is O=C(C1CCCC1)N1CCN(S(=O)(=O)c2ccc3c(c2)OCO3)CC1. The minimum absolute atomic E-state index is 0.112. The van der Waals surface area contributed by atoms with Gasteiger partial charge in [0.25, 0.3) is 0 Å². The molecule has 0 bridgehead atoms. The fourth-order valence-electron chi connectivity index (χ4n) is 3.77. The summed E-state index contributed by atoms with van der Waals surface area (Å²) in [6.45, 7) is 1.68. The van der Waals surface area contributed by atoms with Crippen molar-refractivity contribution in [2.24, 2.45) is 5.92 Å². The number of nitrogens with zero attached hydrogens (tertiary/aromatic N) is 2. The molecule has 0 atom stereocenters. The van der Waals surface area contributed by atoms with Gasteiger partial charge < -0.3 is 14.4 Å². The molecule has 1 aromatic carbocycles. The molecule has 1 saturated heterocycles. The molecule has 0 unspecified atom stereocenters. The van der Waals surface area contributed by atoms with E-state index < -0.39 is 10.0 Å². The van der Waals surface area contributed by atoms with Gasteiger partial charge in [-0.3, -0.25) is 4.79 Å². The number of benzene rings is 1. The van der Waals surface area contributed by atoms with Crippen LogP contribution >= 0.6 is 0 Å². The van der Waals surface area contributed by atoms with Crippen molar-refractivity contribution in [2.45, 2.75) is 30.6 Å². The van der Waals surface area contributed by atoms with Gasteiger partial charge in [-0.2, -0.15) is 4.31 Å². The van der Waals surface area contributed by atoms with Crippen molar-refractivity contribution in [1.82, 2.24) is 9.21 Å². The first kappa shape index (κ1) is 16.7. The normalized spacial score (nSPS) is 21.7. The van der Waals surface area contributed by atoms with E-state index in [4.69, 9.17) is 9.47 Å². The monoisotopic (exact) mass is 366 g/mol. The lowest BCUT2D eigenvalue weighted by molar-refractivity contribution is -0.136. The summed E-state index contributed by atoms with van der Waals surface area (Å²) in [7, 11) is -3.59. The summed E-state index contributed by atoms with van der Waals surface area (Å²) in [5.74, 6) is 1.34. The standard InChI is InChI=1S/C17H22N2O5S/c20-17(13-3-1-2-4-13)18-7-9-19(10-8-18)25(21,22)14-5-6-15-16(11-14)24-12-23-15/h5-6,11,13H,1-4,7-10,12H2. The zero-order valence-corrected chi connectivity index (χ0v) is 14.8. The maximum Gasteiger partial charge on any atom is 0.243 e. The van der Waals surface area contributed by atoms with Gasteiger partial charge in [-0.15, -0.1) is 0 Å². The molecule has 4 rings (SSSR count). The predicted molar refractivity (Wildman–Crippen MR) is 89.9 cm³/mol. The molecule has 0 aromatic heterocycles. The van der Waals surface area contributed by atoms with Gasteiger partial charge >= 0.3 is 0 Å². The zero-order chi connectivity index (χ0) is 17.4. The first-order valence-electron chi connectivity index (χ1n) is 8.74. The van der Waals surface area contributed by atoms with E-state index in [1.165, 1.54) is 10.4 Å². The summed E-state index contributed by atoms with van der Waals surface area (Å²) >= 11 is 0. The zero-order valence-electron chi connectivity index (χ0n) is 14.0. The number of ether oxygens (including phenoxy) is 2. The van der Waals surface area contributed by atoms with E-state index in [0.717, 1.165) is 25.7 Å². The van der Waals surface area contributed by atoms with Crippen molar-refractivity contribution < 1.29 is 22.7 Å². The van der Waals surface area contributed by atoms with Crippen LogP contribution in [0.2, 0.25) is 0 Å². The van der Waals surface area contributed by atoms with Crippen molar-refractivity contribution in [2.75, 3.05) is 33.0 Å². The fourth-order valence-corrected chi connectivity index (χ4v) is 5.20. The van der Waals surface area contributed by atoms with E-state index in [1.54, 1.807) is 12.1 Å². The van der Waals surface area contributed by atoms with Crippen molar-refractivity contribution >= 4 is 15.9 Å². The van der Waals surface area contributed by atoms with E-state index in [1.807, 2.05) is 4.90 Å². The largest absolute Gasteiger partial charge is 0.454 e. The lowest BCUT2D eigenvalue weighted by Gasteiger charge is -2.35. The quantitative estimate of drug-likeness (QED) is 0.809. The van der Waals surface area contributed by atoms with Crippen LogP contribution < -0.4 is 9.47 Å². The Balaban J connectivity index is 1.43. The fraction of sp³-hybridized carbons (Fsp3) is 0.588. The molecule has 2 heterocycles. The van der Waals surface area contributed by atoms with Crippen LogP contribution in [-0.2, 0) is 14.8 Å². The third kappa shape index (κ3) is 3.08. The number of rotatable bonds is 3. The number of hydrogen-bond donors (Lipinski definition) is 0. The lowest BCUT2D eigenvalue weighted by atomic mass is 10.1. The summed E-state index contributed by atoms with van der Waals surface area (Å²) in [5, 5.41) is 0. The van der Waals surface area contributed by atoms with Crippen LogP contribution in [0.5, 0.6) is 11.5 Å². The Morgan fingerprint density at radius 2 is 1.68 bits per heavy atom. The number of amides is 1. The molecule has 25 heavy (non-hydrogen) atoms. The van der Waals surface area contributed by atoms with Gasteiger partial charge in [0.15, 0.2) is 11.5 Å². The summed E-state index contributed by atoms with van der Waals surface area (Å²) in [4.78, 5) is 14.5. The van der Waals surface area contributed by atoms with Crippen LogP contribution in [0.25, 0.3) is 0 Å². The third-order valence-electron chi connectivity index (χ3n) is 5.24. The molecule has 8 heteroatoms. The molecule has 0 radical (unpaired) electrons. The van der Waals surface area contributed by atoms with Crippen LogP contribution in [0.3, 0.4) is 0 Å². The Bertz CT molecular complexity index is 765. The Hall–Kier alpha value is -1.80. The van der Waals surface area contributed by atoms with Crippen molar-refractivity contribution in [1.29, 1.82) is 0 Å². The second-order valence-corrected chi connectivity index (χ2v) is 8.66. The average molecular weight is 366 g/mol. The molecular weight excluding hydrogens is 344 g/mol. The molecule has 1 amide bonds. The van der Waals surface area contributed by atoms with Crippen molar-refractivity contribution in [3.8, 4) is 11.5 Å². The smallest absolute Gasteiger partial charge is 0.243 e. The number of carbonyl (C=O) groups excluding carboxylic acids is 1. The highest BCUT2D eigenvalue weighted by Gasteiger charge is 2.34. The molecule has 0 N–H and O–H groups in total. The van der Waals surface area contributed by atoms with Crippen molar-refractivity contribution in [3.63, 3.8) is 0 Å². The van der Waals surface area contributed by atoms with Crippen LogP contribution in [-0.4, -0.2) is 56.5 Å². The molecule has 2 fully saturated rings. The number of fused-ring (bicyclic) bond motifs is 1. The van der Waals surface area contributed by atoms with Gasteiger partial charge in [-0.05, 0) is 25.0 Å². The molecule has 3 aliphatic rings. The number of carbonyl (C=O) groups is 1. The maximum absolute atomic E-state index is 12.8. The minimum atomic E-state index is -3.59. The Kier molecular flexibility index (Phi) is 4.33. The van der Waals surface area contributed by atoms with E-state index >= 15 is 0 Å². The molecule has 0 spiro atoms. The highest BCUT2D eigenvalue weighted by molar-refractivity contribution is 7.89. The number of hydrogen-bond acceptors (Lipinski definition) is 5. The molecule has 1 saturated carbocycles. The lowest BCUT2D eigenvalue weighted by Crippen LogP contribution is -2.51. The summed E-state index contributed by atoms with van der Waals surface area (Å²) < 4.78 is 37.6. The van der Waals surface area contributed by atoms with E-state index in [2.05, 4.69) is 0 Å².